The predicted molar refractivity (Wildman–Crippen MR) is 56.1 cm³/mol. The Morgan fingerprint density at radius 2 is 2.40 bits per heavy atom. The summed E-state index contributed by atoms with van der Waals surface area (Å²) in [5.74, 6) is -0.340. The molecule has 0 spiro atoms. The third kappa shape index (κ3) is 2.31. The van der Waals surface area contributed by atoms with Gasteiger partial charge in [-0.2, -0.15) is 5.10 Å². The number of amides is 1. The van der Waals surface area contributed by atoms with E-state index in [-0.39, 0.29) is 15.4 Å². The van der Waals surface area contributed by atoms with E-state index in [0.717, 1.165) is 11.3 Å². The second kappa shape index (κ2) is 3.95. The van der Waals surface area contributed by atoms with E-state index in [0.29, 0.717) is 5.69 Å². The summed E-state index contributed by atoms with van der Waals surface area (Å²) in [5, 5.41) is 13.9. The largest absolute Gasteiger partial charge is 0.317 e. The van der Waals surface area contributed by atoms with Gasteiger partial charge in [-0.1, -0.05) is 11.3 Å². The molecule has 0 aromatic carbocycles. The highest BCUT2D eigenvalue weighted by atomic mass is 35.5. The molecule has 0 radical (unpaired) electrons. The maximum Gasteiger partial charge on any atom is 0.286 e. The van der Waals surface area contributed by atoms with Crippen LogP contribution in [0.5, 0.6) is 0 Å². The molecule has 78 valence electrons. The second-order valence-corrected chi connectivity index (χ2v) is 4.28. The number of nitrogens with zero attached hydrogens (tertiary/aromatic N) is 4. The van der Waals surface area contributed by atoms with E-state index in [1.807, 2.05) is 0 Å². The molecular weight excluding hydrogens is 238 g/mol. The lowest BCUT2D eigenvalue weighted by Crippen LogP contribution is -2.10. The summed E-state index contributed by atoms with van der Waals surface area (Å²) in [6.45, 7) is 0. The molecule has 6 nitrogen and oxygen atoms in total. The summed E-state index contributed by atoms with van der Waals surface area (Å²) in [4.78, 5) is 11.5. The Hall–Kier alpha value is -1.47. The van der Waals surface area contributed by atoms with Gasteiger partial charge in [0, 0.05) is 13.2 Å². The van der Waals surface area contributed by atoms with Gasteiger partial charge in [0.05, 0.1) is 11.9 Å². The molecule has 1 N–H and O–H groups in total. The molecule has 0 saturated carbocycles. The van der Waals surface area contributed by atoms with E-state index < -0.39 is 0 Å². The highest BCUT2D eigenvalue weighted by molar-refractivity contribution is 7.17. The van der Waals surface area contributed by atoms with Gasteiger partial charge in [-0.05, 0) is 11.6 Å². The van der Waals surface area contributed by atoms with Crippen molar-refractivity contribution in [3.05, 3.63) is 21.9 Å². The molecule has 0 bridgehead atoms. The number of hydrogen-bond donors (Lipinski definition) is 1. The monoisotopic (exact) mass is 243 g/mol. The maximum atomic E-state index is 11.5. The van der Waals surface area contributed by atoms with Crippen molar-refractivity contribution in [3.8, 4) is 0 Å². The number of anilines is 1. The van der Waals surface area contributed by atoms with Crippen LogP contribution in [0.3, 0.4) is 0 Å². The fraction of sp³-hybridized carbons (Fsp3) is 0.143. The van der Waals surface area contributed by atoms with Gasteiger partial charge < -0.3 is 5.32 Å². The van der Waals surface area contributed by atoms with Gasteiger partial charge >= 0.3 is 0 Å². The van der Waals surface area contributed by atoms with Gasteiger partial charge in [0.2, 0.25) is 9.47 Å². The molecule has 15 heavy (non-hydrogen) atoms. The summed E-state index contributed by atoms with van der Waals surface area (Å²) in [5.41, 5.74) is 0.605. The summed E-state index contributed by atoms with van der Waals surface area (Å²) in [6.07, 6.45) is 3.22. The number of nitrogens with one attached hydrogen (secondary N) is 1. The second-order valence-electron chi connectivity index (χ2n) is 2.72. The molecule has 0 aliphatic heterocycles. The molecule has 2 aromatic rings. The fourth-order valence-electron chi connectivity index (χ4n) is 0.967. The lowest BCUT2D eigenvalue weighted by atomic mass is 10.5. The van der Waals surface area contributed by atoms with Gasteiger partial charge in [-0.15, -0.1) is 10.2 Å². The Morgan fingerprint density at radius 1 is 1.60 bits per heavy atom. The van der Waals surface area contributed by atoms with Crippen molar-refractivity contribution in [3.63, 3.8) is 0 Å². The van der Waals surface area contributed by atoms with Crippen LogP contribution >= 0.6 is 22.9 Å². The standard InChI is InChI=1S/C7H6ClN5OS/c1-13-3-4(2-9-13)10-5(14)6-11-12-7(8)15-6/h2-3H,1H3,(H,10,14). The first-order valence-electron chi connectivity index (χ1n) is 3.94. The van der Waals surface area contributed by atoms with E-state index in [9.17, 15) is 4.79 Å². The van der Waals surface area contributed by atoms with Crippen LogP contribution in [0.4, 0.5) is 5.69 Å². The molecule has 0 fully saturated rings. The van der Waals surface area contributed by atoms with Crippen molar-refractivity contribution in [1.29, 1.82) is 0 Å². The van der Waals surface area contributed by atoms with Crippen LogP contribution in [0.25, 0.3) is 0 Å². The third-order valence-electron chi connectivity index (χ3n) is 1.56. The number of aromatic nitrogens is 4. The van der Waals surface area contributed by atoms with Crippen molar-refractivity contribution >= 4 is 34.5 Å². The van der Waals surface area contributed by atoms with E-state index in [1.165, 1.54) is 0 Å². The summed E-state index contributed by atoms with van der Waals surface area (Å²) in [6, 6.07) is 0. The van der Waals surface area contributed by atoms with Crippen LogP contribution in [-0.4, -0.2) is 25.9 Å². The zero-order valence-electron chi connectivity index (χ0n) is 7.64. The van der Waals surface area contributed by atoms with Gasteiger partial charge in [0.15, 0.2) is 0 Å². The molecule has 8 heteroatoms. The minimum Gasteiger partial charge on any atom is -0.317 e. The van der Waals surface area contributed by atoms with Crippen LogP contribution in [0.2, 0.25) is 4.47 Å². The minimum atomic E-state index is -0.340. The fourth-order valence-corrected chi connectivity index (χ4v) is 1.69. The van der Waals surface area contributed by atoms with Gasteiger partial charge in [0.1, 0.15) is 0 Å². The van der Waals surface area contributed by atoms with Crippen LogP contribution in [-0.2, 0) is 7.05 Å². The smallest absolute Gasteiger partial charge is 0.286 e. The van der Waals surface area contributed by atoms with Crippen LogP contribution in [0.15, 0.2) is 12.4 Å². The van der Waals surface area contributed by atoms with Crippen molar-refractivity contribution in [2.75, 3.05) is 5.32 Å². The highest BCUT2D eigenvalue weighted by Crippen LogP contribution is 2.16. The molecule has 1 amide bonds. The van der Waals surface area contributed by atoms with Crippen molar-refractivity contribution in [2.45, 2.75) is 0 Å². The molecule has 0 saturated heterocycles. The Morgan fingerprint density at radius 3 is 2.93 bits per heavy atom. The predicted octanol–water partition coefficient (Wildman–Crippen LogP) is 1.18. The molecule has 0 aliphatic rings. The first-order chi connectivity index (χ1) is 7.15. The molecule has 2 aromatic heterocycles. The third-order valence-corrected chi connectivity index (χ3v) is 2.57. The van der Waals surface area contributed by atoms with E-state index in [2.05, 4.69) is 20.6 Å². The van der Waals surface area contributed by atoms with Gasteiger partial charge in [-0.3, -0.25) is 9.48 Å². The zero-order chi connectivity index (χ0) is 10.8. The summed E-state index contributed by atoms with van der Waals surface area (Å²) < 4.78 is 1.83. The number of aryl methyl sites for hydroxylation is 1. The molecular formula is C7H6ClN5OS. The van der Waals surface area contributed by atoms with E-state index >= 15 is 0 Å². The normalized spacial score (nSPS) is 10.3. The van der Waals surface area contributed by atoms with Gasteiger partial charge in [0.25, 0.3) is 5.91 Å². The van der Waals surface area contributed by atoms with Crippen molar-refractivity contribution < 1.29 is 4.79 Å². The highest BCUT2D eigenvalue weighted by Gasteiger charge is 2.12. The minimum absolute atomic E-state index is 0.226. The van der Waals surface area contributed by atoms with Crippen molar-refractivity contribution in [2.24, 2.45) is 7.05 Å². The SMILES string of the molecule is Cn1cc(NC(=O)c2nnc(Cl)s2)cn1. The summed E-state index contributed by atoms with van der Waals surface area (Å²) >= 11 is 6.59. The van der Waals surface area contributed by atoms with Crippen LogP contribution in [0, 0.1) is 0 Å². The topological polar surface area (TPSA) is 72.7 Å². The number of halogens is 1. The van der Waals surface area contributed by atoms with Gasteiger partial charge in [-0.25, -0.2) is 0 Å². The Labute approximate surface area is 93.9 Å². The molecule has 0 unspecified atom stereocenters. The molecule has 2 rings (SSSR count). The zero-order valence-corrected chi connectivity index (χ0v) is 9.21. The molecule has 0 aliphatic carbocycles. The van der Waals surface area contributed by atoms with E-state index in [4.69, 9.17) is 11.6 Å². The number of hydrogen-bond acceptors (Lipinski definition) is 5. The average Bonchev–Trinajstić information content (AvgIpc) is 2.75. The lowest BCUT2D eigenvalue weighted by molar-refractivity contribution is 0.102. The van der Waals surface area contributed by atoms with Crippen molar-refractivity contribution in [1.82, 2.24) is 20.0 Å². The van der Waals surface area contributed by atoms with E-state index in [1.54, 1.807) is 24.1 Å². The van der Waals surface area contributed by atoms with Crippen LogP contribution < -0.4 is 5.32 Å². The summed E-state index contributed by atoms with van der Waals surface area (Å²) in [7, 11) is 1.76. The number of rotatable bonds is 2. The van der Waals surface area contributed by atoms with Crippen LogP contribution in [0.1, 0.15) is 9.80 Å². The Kier molecular flexibility index (Phi) is 2.65. The first-order valence-corrected chi connectivity index (χ1v) is 5.13. The number of carbonyl (C=O) groups excluding carboxylic acids is 1. The lowest BCUT2D eigenvalue weighted by Gasteiger charge is -1.96. The maximum absolute atomic E-state index is 11.5. The Bertz CT molecular complexity index is 493. The molecule has 0 atom stereocenters. The quantitative estimate of drug-likeness (QED) is 0.860. The first kappa shape index (κ1) is 10.1. The number of carbonyl (C=O) groups is 1. The Balaban J connectivity index is 2.10. The molecule has 2 heterocycles. The average molecular weight is 244 g/mol.